The largest absolute Gasteiger partial charge is 0.398 e. The molecule has 2 rings (SSSR count). The Balaban J connectivity index is 2.36. The number of hydrogen-bond acceptors (Lipinski definition) is 4. The van der Waals surface area contributed by atoms with Crippen molar-refractivity contribution in [2.24, 2.45) is 0 Å². The van der Waals surface area contributed by atoms with Crippen molar-refractivity contribution in [3.05, 3.63) is 51.3 Å². The molecule has 0 spiro atoms. The van der Waals surface area contributed by atoms with Crippen LogP contribution in [0.25, 0.3) is 0 Å². The minimum Gasteiger partial charge on any atom is -0.398 e. The molecule has 0 amide bonds. The molecule has 0 atom stereocenters. The number of rotatable bonds is 3. The summed E-state index contributed by atoms with van der Waals surface area (Å²) in [6.07, 6.45) is 0. The van der Waals surface area contributed by atoms with Gasteiger partial charge in [-0.3, -0.25) is 14.8 Å². The topological polar surface area (TPSA) is 87.0 Å². The standard InChI is InChI=1S/C12H14N4O2/c1-8-5-9(2)15(14-8)7-10-6-11(16(17)18)3-4-12(10)13/h3-6H,7,13H2,1-2H3. The lowest BCUT2D eigenvalue weighted by atomic mass is 10.1. The third kappa shape index (κ3) is 2.32. The number of non-ortho nitro benzene ring substituents is 1. The van der Waals surface area contributed by atoms with E-state index in [4.69, 9.17) is 5.73 Å². The van der Waals surface area contributed by atoms with Crippen molar-refractivity contribution in [2.75, 3.05) is 5.73 Å². The molecule has 0 saturated carbocycles. The molecule has 2 aromatic rings. The summed E-state index contributed by atoms with van der Waals surface area (Å²) in [6, 6.07) is 6.40. The van der Waals surface area contributed by atoms with Crippen LogP contribution in [0.4, 0.5) is 11.4 Å². The zero-order valence-corrected chi connectivity index (χ0v) is 10.3. The van der Waals surface area contributed by atoms with Gasteiger partial charge in [0.1, 0.15) is 0 Å². The molecule has 0 radical (unpaired) electrons. The lowest BCUT2D eigenvalue weighted by Gasteiger charge is -2.07. The molecule has 2 N–H and O–H groups in total. The second-order valence-corrected chi connectivity index (χ2v) is 4.22. The lowest BCUT2D eigenvalue weighted by molar-refractivity contribution is -0.384. The number of nitrogens with zero attached hydrogens (tertiary/aromatic N) is 3. The number of aromatic nitrogens is 2. The van der Waals surface area contributed by atoms with E-state index in [-0.39, 0.29) is 5.69 Å². The molecule has 6 nitrogen and oxygen atoms in total. The molecule has 94 valence electrons. The number of aryl methyl sites for hydroxylation is 2. The Labute approximate surface area is 104 Å². The smallest absolute Gasteiger partial charge is 0.269 e. The number of anilines is 1. The van der Waals surface area contributed by atoms with Crippen LogP contribution in [0.1, 0.15) is 17.0 Å². The van der Waals surface area contributed by atoms with Gasteiger partial charge in [-0.05, 0) is 26.0 Å². The molecule has 1 heterocycles. The Morgan fingerprint density at radius 2 is 2.11 bits per heavy atom. The molecule has 0 saturated heterocycles. The van der Waals surface area contributed by atoms with E-state index in [1.165, 1.54) is 12.1 Å². The highest BCUT2D eigenvalue weighted by Crippen LogP contribution is 2.21. The van der Waals surface area contributed by atoms with Crippen molar-refractivity contribution < 1.29 is 4.92 Å². The Morgan fingerprint density at radius 3 is 2.67 bits per heavy atom. The van der Waals surface area contributed by atoms with E-state index in [1.54, 1.807) is 10.7 Å². The van der Waals surface area contributed by atoms with Crippen LogP contribution in [-0.4, -0.2) is 14.7 Å². The summed E-state index contributed by atoms with van der Waals surface area (Å²) in [4.78, 5) is 10.3. The quantitative estimate of drug-likeness (QED) is 0.510. The first-order chi connectivity index (χ1) is 8.47. The molecule has 0 unspecified atom stereocenters. The molecule has 0 aliphatic rings. The summed E-state index contributed by atoms with van der Waals surface area (Å²) >= 11 is 0. The second kappa shape index (κ2) is 4.48. The third-order valence-electron chi connectivity index (χ3n) is 2.76. The summed E-state index contributed by atoms with van der Waals surface area (Å²) in [5.41, 5.74) is 9.02. The molecule has 6 heteroatoms. The van der Waals surface area contributed by atoms with E-state index in [0.717, 1.165) is 11.4 Å². The first-order valence-electron chi connectivity index (χ1n) is 5.51. The fourth-order valence-electron chi connectivity index (χ4n) is 1.84. The Morgan fingerprint density at radius 1 is 1.39 bits per heavy atom. The minimum absolute atomic E-state index is 0.0423. The van der Waals surface area contributed by atoms with Gasteiger partial charge < -0.3 is 5.73 Å². The molecule has 0 bridgehead atoms. The van der Waals surface area contributed by atoms with Gasteiger partial charge in [0.25, 0.3) is 5.69 Å². The molecule has 18 heavy (non-hydrogen) atoms. The summed E-state index contributed by atoms with van der Waals surface area (Å²) in [7, 11) is 0. The van der Waals surface area contributed by atoms with Gasteiger partial charge in [0.15, 0.2) is 0 Å². The zero-order valence-electron chi connectivity index (χ0n) is 10.3. The van der Waals surface area contributed by atoms with Crippen LogP contribution in [0.2, 0.25) is 0 Å². The van der Waals surface area contributed by atoms with Crippen LogP contribution >= 0.6 is 0 Å². The first kappa shape index (κ1) is 12.1. The van der Waals surface area contributed by atoms with E-state index in [2.05, 4.69) is 5.10 Å². The fraction of sp³-hybridized carbons (Fsp3) is 0.250. The van der Waals surface area contributed by atoms with Crippen molar-refractivity contribution in [1.82, 2.24) is 9.78 Å². The predicted molar refractivity (Wildman–Crippen MR) is 68.3 cm³/mol. The molecule has 0 aliphatic carbocycles. The number of nitrogen functional groups attached to an aromatic ring is 1. The fourth-order valence-corrected chi connectivity index (χ4v) is 1.84. The van der Waals surface area contributed by atoms with Crippen LogP contribution in [-0.2, 0) is 6.54 Å². The van der Waals surface area contributed by atoms with Crippen LogP contribution in [0.5, 0.6) is 0 Å². The Bertz CT molecular complexity index is 604. The van der Waals surface area contributed by atoms with E-state index in [0.29, 0.717) is 17.8 Å². The van der Waals surface area contributed by atoms with Gasteiger partial charge in [-0.25, -0.2) is 0 Å². The lowest BCUT2D eigenvalue weighted by Crippen LogP contribution is -2.07. The zero-order chi connectivity index (χ0) is 13.3. The van der Waals surface area contributed by atoms with Crippen molar-refractivity contribution >= 4 is 11.4 Å². The van der Waals surface area contributed by atoms with E-state index in [1.807, 2.05) is 19.9 Å². The second-order valence-electron chi connectivity index (χ2n) is 4.22. The number of nitro benzene ring substituents is 1. The van der Waals surface area contributed by atoms with Gasteiger partial charge in [-0.2, -0.15) is 5.10 Å². The maximum Gasteiger partial charge on any atom is 0.269 e. The van der Waals surface area contributed by atoms with Crippen molar-refractivity contribution in [2.45, 2.75) is 20.4 Å². The molecular formula is C12H14N4O2. The Hall–Kier alpha value is -2.37. The average molecular weight is 246 g/mol. The van der Waals surface area contributed by atoms with Crippen molar-refractivity contribution in [1.29, 1.82) is 0 Å². The summed E-state index contributed by atoms with van der Waals surface area (Å²) in [5.74, 6) is 0. The first-order valence-corrected chi connectivity index (χ1v) is 5.51. The van der Waals surface area contributed by atoms with Crippen LogP contribution in [0.15, 0.2) is 24.3 Å². The van der Waals surface area contributed by atoms with Gasteiger partial charge >= 0.3 is 0 Å². The third-order valence-corrected chi connectivity index (χ3v) is 2.76. The highest BCUT2D eigenvalue weighted by molar-refractivity contribution is 5.52. The summed E-state index contributed by atoms with van der Waals surface area (Å²) in [6.45, 7) is 4.28. The highest BCUT2D eigenvalue weighted by Gasteiger charge is 2.11. The maximum atomic E-state index is 10.7. The Kier molecular flexibility index (Phi) is 3.01. The molecule has 1 aromatic heterocycles. The van der Waals surface area contributed by atoms with Crippen LogP contribution in [0, 0.1) is 24.0 Å². The summed E-state index contributed by atoms with van der Waals surface area (Å²) in [5, 5.41) is 15.0. The highest BCUT2D eigenvalue weighted by atomic mass is 16.6. The molecule has 0 fully saturated rings. The van der Waals surface area contributed by atoms with E-state index >= 15 is 0 Å². The van der Waals surface area contributed by atoms with E-state index in [9.17, 15) is 10.1 Å². The van der Waals surface area contributed by atoms with Gasteiger partial charge in [-0.1, -0.05) is 0 Å². The SMILES string of the molecule is Cc1cc(C)n(Cc2cc([N+](=O)[O-])ccc2N)n1. The molecular weight excluding hydrogens is 232 g/mol. The monoisotopic (exact) mass is 246 g/mol. The van der Waals surface area contributed by atoms with Crippen molar-refractivity contribution in [3.8, 4) is 0 Å². The van der Waals surface area contributed by atoms with Gasteiger partial charge in [-0.15, -0.1) is 0 Å². The van der Waals surface area contributed by atoms with E-state index < -0.39 is 4.92 Å². The average Bonchev–Trinajstić information content (AvgIpc) is 2.60. The molecule has 1 aromatic carbocycles. The number of nitrogens with two attached hydrogens (primary N) is 1. The minimum atomic E-state index is -0.426. The van der Waals surface area contributed by atoms with Gasteiger partial charge in [0, 0.05) is 29.1 Å². The van der Waals surface area contributed by atoms with Crippen LogP contribution < -0.4 is 5.73 Å². The predicted octanol–water partition coefficient (Wildman–Crippen LogP) is 2.04. The summed E-state index contributed by atoms with van der Waals surface area (Å²) < 4.78 is 1.78. The normalized spacial score (nSPS) is 10.6. The van der Waals surface area contributed by atoms with Gasteiger partial charge in [0.05, 0.1) is 17.2 Å². The molecule has 0 aliphatic heterocycles. The van der Waals surface area contributed by atoms with Gasteiger partial charge in [0.2, 0.25) is 0 Å². The van der Waals surface area contributed by atoms with Crippen molar-refractivity contribution in [3.63, 3.8) is 0 Å². The number of nitro groups is 1. The number of benzene rings is 1. The van der Waals surface area contributed by atoms with Crippen LogP contribution in [0.3, 0.4) is 0 Å². The number of hydrogen-bond donors (Lipinski definition) is 1. The maximum absolute atomic E-state index is 10.7.